The highest BCUT2D eigenvalue weighted by atomic mass is 19.4. The minimum atomic E-state index is -4.85. The molecule has 0 radical (unpaired) electrons. The number of benzene rings is 1. The first-order valence-corrected chi connectivity index (χ1v) is 7.76. The van der Waals surface area contributed by atoms with Gasteiger partial charge in [0, 0.05) is 29.4 Å². The van der Waals surface area contributed by atoms with Gasteiger partial charge in [-0.1, -0.05) is 20.8 Å². The maximum atomic E-state index is 12.4. The molecule has 0 saturated heterocycles. The van der Waals surface area contributed by atoms with Crippen LogP contribution < -0.4 is 14.2 Å². The van der Waals surface area contributed by atoms with Crippen molar-refractivity contribution < 1.29 is 37.3 Å². The first-order chi connectivity index (χ1) is 12.4. The van der Waals surface area contributed by atoms with Gasteiger partial charge in [0.1, 0.15) is 17.1 Å². The number of rotatable bonds is 5. The fourth-order valence-corrected chi connectivity index (χ4v) is 2.14. The number of ether oxygens (including phenoxy) is 3. The van der Waals surface area contributed by atoms with Gasteiger partial charge in [-0.3, -0.25) is 4.98 Å². The zero-order valence-electron chi connectivity index (χ0n) is 15.0. The summed E-state index contributed by atoms with van der Waals surface area (Å²) in [5, 5.41) is 9.34. The first kappa shape index (κ1) is 20.3. The second kappa shape index (κ2) is 7.34. The average Bonchev–Trinajstić information content (AvgIpc) is 2.53. The van der Waals surface area contributed by atoms with Gasteiger partial charge in [0.2, 0.25) is 0 Å². The van der Waals surface area contributed by atoms with Gasteiger partial charge in [0.25, 0.3) is 0 Å². The number of alkyl halides is 3. The zero-order valence-corrected chi connectivity index (χ0v) is 15.0. The molecule has 0 bridgehead atoms. The van der Waals surface area contributed by atoms with Crippen LogP contribution >= 0.6 is 0 Å². The minimum Gasteiger partial charge on any atom is -0.493 e. The zero-order chi connectivity index (χ0) is 20.4. The van der Waals surface area contributed by atoms with Crippen LogP contribution in [0.15, 0.2) is 30.5 Å². The maximum Gasteiger partial charge on any atom is 0.573 e. The van der Waals surface area contributed by atoms with E-state index in [-0.39, 0.29) is 28.2 Å². The summed E-state index contributed by atoms with van der Waals surface area (Å²) in [5.74, 6) is -1.78. The van der Waals surface area contributed by atoms with Crippen molar-refractivity contribution in [3.8, 4) is 23.0 Å². The Kier molecular flexibility index (Phi) is 5.53. The maximum absolute atomic E-state index is 12.4. The summed E-state index contributed by atoms with van der Waals surface area (Å²) in [7, 11) is 1.24. The summed E-state index contributed by atoms with van der Waals surface area (Å²) in [5.41, 5.74) is 0.0167. The highest BCUT2D eigenvalue weighted by Gasteiger charge is 2.31. The highest BCUT2D eigenvalue weighted by Crippen LogP contribution is 2.38. The number of aromatic nitrogens is 1. The summed E-state index contributed by atoms with van der Waals surface area (Å²) >= 11 is 0. The van der Waals surface area contributed by atoms with E-state index in [9.17, 15) is 23.1 Å². The average molecular weight is 385 g/mol. The number of hydrogen-bond donors (Lipinski definition) is 1. The lowest BCUT2D eigenvalue weighted by atomic mass is 9.91. The van der Waals surface area contributed by atoms with Gasteiger partial charge in [-0.2, -0.15) is 0 Å². The largest absolute Gasteiger partial charge is 0.573 e. The molecule has 0 aliphatic heterocycles. The summed E-state index contributed by atoms with van der Waals surface area (Å²) in [4.78, 5) is 15.6. The fourth-order valence-electron chi connectivity index (χ4n) is 2.14. The molecule has 0 saturated carbocycles. The highest BCUT2D eigenvalue weighted by molar-refractivity contribution is 5.90. The SMILES string of the molecule is COc1cc(OC(F)(F)F)ccc1Oc1cc(C(C)(C)C)ncc1C(=O)O. The van der Waals surface area contributed by atoms with E-state index in [2.05, 4.69) is 9.72 Å². The van der Waals surface area contributed by atoms with E-state index in [1.807, 2.05) is 20.8 Å². The van der Waals surface area contributed by atoms with Gasteiger partial charge in [-0.25, -0.2) is 4.79 Å². The van der Waals surface area contributed by atoms with E-state index < -0.39 is 18.1 Å². The van der Waals surface area contributed by atoms with E-state index >= 15 is 0 Å². The van der Waals surface area contributed by atoms with E-state index in [0.29, 0.717) is 5.69 Å². The van der Waals surface area contributed by atoms with Crippen LogP contribution in [0, 0.1) is 0 Å². The standard InChI is InChI=1S/C18H18F3NO5/c1-17(2,3)15-8-13(11(9-22-15)16(23)24)26-12-6-5-10(7-14(12)25-4)27-18(19,20)21/h5-9H,1-4H3,(H,23,24). The molecule has 0 spiro atoms. The van der Waals surface area contributed by atoms with Crippen molar-refractivity contribution in [2.45, 2.75) is 32.5 Å². The van der Waals surface area contributed by atoms with E-state index in [1.165, 1.54) is 25.4 Å². The quantitative estimate of drug-likeness (QED) is 0.798. The van der Waals surface area contributed by atoms with Gasteiger partial charge in [0.15, 0.2) is 11.5 Å². The van der Waals surface area contributed by atoms with Crippen molar-refractivity contribution in [1.29, 1.82) is 0 Å². The van der Waals surface area contributed by atoms with Crippen molar-refractivity contribution in [3.05, 3.63) is 41.7 Å². The monoisotopic (exact) mass is 385 g/mol. The molecule has 9 heteroatoms. The van der Waals surface area contributed by atoms with Gasteiger partial charge < -0.3 is 19.3 Å². The number of carboxylic acid groups (broad SMARTS) is 1. The summed E-state index contributed by atoms with van der Waals surface area (Å²) in [6.45, 7) is 5.68. The van der Waals surface area contributed by atoms with Crippen LogP contribution in [0.1, 0.15) is 36.8 Å². The Morgan fingerprint density at radius 1 is 1.07 bits per heavy atom. The molecule has 2 rings (SSSR count). The molecule has 0 amide bonds. The summed E-state index contributed by atoms with van der Waals surface area (Å²) < 4.78 is 51.6. The van der Waals surface area contributed by atoms with E-state index in [4.69, 9.17) is 9.47 Å². The third kappa shape index (κ3) is 5.25. The number of carbonyl (C=O) groups is 1. The number of pyridine rings is 1. The Morgan fingerprint density at radius 3 is 2.26 bits per heavy atom. The summed E-state index contributed by atoms with van der Waals surface area (Å²) in [6.07, 6.45) is -3.68. The Labute approximate surface area is 153 Å². The van der Waals surface area contributed by atoms with Crippen LogP contribution in [0.5, 0.6) is 23.0 Å². The second-order valence-electron chi connectivity index (χ2n) is 6.58. The van der Waals surface area contributed by atoms with Gasteiger partial charge in [-0.15, -0.1) is 13.2 Å². The van der Waals surface area contributed by atoms with Crippen molar-refractivity contribution in [3.63, 3.8) is 0 Å². The van der Waals surface area contributed by atoms with Crippen molar-refractivity contribution in [2.24, 2.45) is 0 Å². The predicted molar refractivity (Wildman–Crippen MR) is 89.6 cm³/mol. The molecule has 1 N–H and O–H groups in total. The molecule has 1 aromatic carbocycles. The topological polar surface area (TPSA) is 77.9 Å². The van der Waals surface area contributed by atoms with Crippen LogP contribution in [0.4, 0.5) is 13.2 Å². The molecular weight excluding hydrogens is 367 g/mol. The molecule has 0 aliphatic carbocycles. The molecule has 6 nitrogen and oxygen atoms in total. The Morgan fingerprint density at radius 2 is 1.74 bits per heavy atom. The third-order valence-corrected chi connectivity index (χ3v) is 3.45. The number of methoxy groups -OCH3 is 1. The lowest BCUT2D eigenvalue weighted by Gasteiger charge is -2.20. The van der Waals surface area contributed by atoms with Gasteiger partial charge in [0.05, 0.1) is 7.11 Å². The van der Waals surface area contributed by atoms with Gasteiger partial charge >= 0.3 is 12.3 Å². The normalized spacial score (nSPS) is 11.8. The smallest absolute Gasteiger partial charge is 0.493 e. The fraction of sp³-hybridized carbons (Fsp3) is 0.333. The molecule has 2 aromatic rings. The second-order valence-corrected chi connectivity index (χ2v) is 6.58. The first-order valence-electron chi connectivity index (χ1n) is 7.76. The third-order valence-electron chi connectivity index (χ3n) is 3.45. The van der Waals surface area contributed by atoms with Crippen LogP contribution in [-0.4, -0.2) is 29.5 Å². The number of halogens is 3. The van der Waals surface area contributed by atoms with E-state index in [1.54, 1.807) is 0 Å². The predicted octanol–water partition coefficient (Wildman–Crippen LogP) is 4.78. The number of aromatic carboxylic acids is 1. The molecule has 0 unspecified atom stereocenters. The van der Waals surface area contributed by atoms with Crippen molar-refractivity contribution in [2.75, 3.05) is 7.11 Å². The van der Waals surface area contributed by atoms with Crippen LogP contribution in [0.25, 0.3) is 0 Å². The lowest BCUT2D eigenvalue weighted by molar-refractivity contribution is -0.274. The molecule has 0 aliphatic rings. The molecule has 27 heavy (non-hydrogen) atoms. The Hall–Kier alpha value is -2.97. The molecule has 146 valence electrons. The van der Waals surface area contributed by atoms with Crippen LogP contribution in [0.2, 0.25) is 0 Å². The summed E-state index contributed by atoms with van der Waals surface area (Å²) in [6, 6.07) is 4.71. The molecular formula is C18H18F3NO5. The van der Waals surface area contributed by atoms with Crippen LogP contribution in [-0.2, 0) is 5.41 Å². The van der Waals surface area contributed by atoms with E-state index in [0.717, 1.165) is 12.1 Å². The molecule has 1 aromatic heterocycles. The molecule has 0 fully saturated rings. The van der Waals surface area contributed by atoms with Crippen molar-refractivity contribution in [1.82, 2.24) is 4.98 Å². The number of nitrogens with zero attached hydrogens (tertiary/aromatic N) is 1. The van der Waals surface area contributed by atoms with Crippen molar-refractivity contribution >= 4 is 5.97 Å². The minimum absolute atomic E-state index is 0.00906. The molecule has 1 heterocycles. The Balaban J connectivity index is 2.44. The molecule has 0 atom stereocenters. The van der Waals surface area contributed by atoms with Crippen LogP contribution in [0.3, 0.4) is 0 Å². The number of hydrogen-bond acceptors (Lipinski definition) is 5. The number of carboxylic acids is 1. The Bertz CT molecular complexity index is 844. The lowest BCUT2D eigenvalue weighted by Crippen LogP contribution is -2.17. The van der Waals surface area contributed by atoms with Gasteiger partial charge in [-0.05, 0) is 12.1 Å².